The van der Waals surface area contributed by atoms with Crippen LogP contribution in [0.15, 0.2) is 12.4 Å². The summed E-state index contributed by atoms with van der Waals surface area (Å²) in [6, 6.07) is 0.377. The highest BCUT2D eigenvalue weighted by molar-refractivity contribution is 5.11. The van der Waals surface area contributed by atoms with Gasteiger partial charge in [-0.25, -0.2) is 0 Å². The van der Waals surface area contributed by atoms with E-state index in [0.29, 0.717) is 12.6 Å². The summed E-state index contributed by atoms with van der Waals surface area (Å²) < 4.78 is 7.46. The van der Waals surface area contributed by atoms with Gasteiger partial charge >= 0.3 is 0 Å². The predicted molar refractivity (Wildman–Crippen MR) is 63.7 cm³/mol. The van der Waals surface area contributed by atoms with E-state index in [1.165, 1.54) is 0 Å². The van der Waals surface area contributed by atoms with Gasteiger partial charge in [0.25, 0.3) is 0 Å². The van der Waals surface area contributed by atoms with E-state index < -0.39 is 0 Å². The van der Waals surface area contributed by atoms with Crippen molar-refractivity contribution >= 4 is 0 Å². The van der Waals surface area contributed by atoms with Gasteiger partial charge in [0.2, 0.25) is 0 Å². The quantitative estimate of drug-likeness (QED) is 0.692. The van der Waals surface area contributed by atoms with E-state index in [1.807, 2.05) is 10.9 Å². The van der Waals surface area contributed by atoms with Crippen LogP contribution in [0.25, 0.3) is 0 Å². The molecule has 0 radical (unpaired) electrons. The number of aliphatic hydroxyl groups is 1. The molecular formula is C12H22N2O2. The first-order valence-electron chi connectivity index (χ1n) is 6.02. The molecule has 16 heavy (non-hydrogen) atoms. The van der Waals surface area contributed by atoms with Crippen molar-refractivity contribution in [2.75, 3.05) is 13.2 Å². The first-order valence-corrected chi connectivity index (χ1v) is 6.02. The SMILES string of the molecule is CC(C)n1cc(OCCCCCCO)cn1. The molecule has 0 aliphatic heterocycles. The minimum absolute atomic E-state index is 0.294. The van der Waals surface area contributed by atoms with Crippen LogP contribution in [0.3, 0.4) is 0 Å². The summed E-state index contributed by atoms with van der Waals surface area (Å²) in [6.45, 7) is 5.20. The van der Waals surface area contributed by atoms with Gasteiger partial charge < -0.3 is 9.84 Å². The highest BCUT2D eigenvalue weighted by Gasteiger charge is 2.01. The zero-order valence-corrected chi connectivity index (χ0v) is 10.2. The molecule has 0 unspecified atom stereocenters. The molecule has 0 atom stereocenters. The van der Waals surface area contributed by atoms with Crippen molar-refractivity contribution < 1.29 is 9.84 Å². The van der Waals surface area contributed by atoms with E-state index in [4.69, 9.17) is 9.84 Å². The first-order chi connectivity index (χ1) is 7.74. The van der Waals surface area contributed by atoms with Crippen LogP contribution in [0.2, 0.25) is 0 Å². The summed E-state index contributed by atoms with van der Waals surface area (Å²) in [4.78, 5) is 0. The molecule has 1 rings (SSSR count). The maximum atomic E-state index is 8.61. The van der Waals surface area contributed by atoms with Crippen LogP contribution in [-0.4, -0.2) is 28.1 Å². The van der Waals surface area contributed by atoms with Crippen LogP contribution in [0.4, 0.5) is 0 Å². The molecule has 0 saturated carbocycles. The smallest absolute Gasteiger partial charge is 0.157 e. The molecule has 92 valence electrons. The van der Waals surface area contributed by atoms with Gasteiger partial charge in [-0.05, 0) is 33.1 Å². The van der Waals surface area contributed by atoms with Crippen molar-refractivity contribution in [1.29, 1.82) is 0 Å². The second-order valence-electron chi connectivity index (χ2n) is 4.24. The van der Waals surface area contributed by atoms with E-state index in [0.717, 1.165) is 38.0 Å². The Balaban J connectivity index is 2.12. The van der Waals surface area contributed by atoms with Crippen molar-refractivity contribution in [3.8, 4) is 5.75 Å². The molecule has 0 saturated heterocycles. The average Bonchev–Trinajstić information content (AvgIpc) is 2.72. The third-order valence-electron chi connectivity index (χ3n) is 2.43. The molecule has 1 aromatic heterocycles. The Morgan fingerprint density at radius 3 is 2.69 bits per heavy atom. The molecule has 4 nitrogen and oxygen atoms in total. The minimum Gasteiger partial charge on any atom is -0.490 e. The Hall–Kier alpha value is -1.03. The van der Waals surface area contributed by atoms with E-state index in [-0.39, 0.29) is 0 Å². The number of rotatable bonds is 8. The summed E-state index contributed by atoms with van der Waals surface area (Å²) in [5.74, 6) is 0.843. The fourth-order valence-electron chi connectivity index (χ4n) is 1.43. The molecule has 1 N–H and O–H groups in total. The number of hydrogen-bond donors (Lipinski definition) is 1. The van der Waals surface area contributed by atoms with Gasteiger partial charge in [-0.1, -0.05) is 6.42 Å². The maximum absolute atomic E-state index is 8.61. The highest BCUT2D eigenvalue weighted by Crippen LogP contribution is 2.12. The van der Waals surface area contributed by atoms with E-state index in [2.05, 4.69) is 18.9 Å². The van der Waals surface area contributed by atoms with Crippen molar-refractivity contribution in [3.05, 3.63) is 12.4 Å². The first kappa shape index (κ1) is 13.0. The largest absolute Gasteiger partial charge is 0.490 e. The lowest BCUT2D eigenvalue weighted by Gasteiger charge is -2.04. The average molecular weight is 226 g/mol. The summed E-state index contributed by atoms with van der Waals surface area (Å²) in [6.07, 6.45) is 7.80. The Kier molecular flexibility index (Phi) is 5.93. The zero-order valence-electron chi connectivity index (χ0n) is 10.2. The molecule has 0 fully saturated rings. The van der Waals surface area contributed by atoms with Gasteiger partial charge in [0.1, 0.15) is 0 Å². The minimum atomic E-state index is 0.294. The Labute approximate surface area is 97.2 Å². The Morgan fingerprint density at radius 2 is 2.06 bits per heavy atom. The molecule has 1 aromatic rings. The van der Waals surface area contributed by atoms with Crippen molar-refractivity contribution in [3.63, 3.8) is 0 Å². The highest BCUT2D eigenvalue weighted by atomic mass is 16.5. The fraction of sp³-hybridized carbons (Fsp3) is 0.750. The second-order valence-corrected chi connectivity index (χ2v) is 4.24. The predicted octanol–water partition coefficient (Wildman–Crippen LogP) is 2.40. The van der Waals surface area contributed by atoms with Crippen LogP contribution >= 0.6 is 0 Å². The standard InChI is InChI=1S/C12H22N2O2/c1-11(2)14-10-12(9-13-14)16-8-6-4-3-5-7-15/h9-11,15H,3-8H2,1-2H3. The number of aliphatic hydroxyl groups excluding tert-OH is 1. The summed E-state index contributed by atoms with van der Waals surface area (Å²) in [7, 11) is 0. The molecule has 0 aromatic carbocycles. The molecule has 4 heteroatoms. The number of unbranched alkanes of at least 4 members (excludes halogenated alkanes) is 3. The molecule has 0 spiro atoms. The monoisotopic (exact) mass is 226 g/mol. The van der Waals surface area contributed by atoms with Gasteiger partial charge in [0, 0.05) is 12.6 Å². The third-order valence-corrected chi connectivity index (χ3v) is 2.43. The van der Waals surface area contributed by atoms with E-state index in [9.17, 15) is 0 Å². The van der Waals surface area contributed by atoms with Crippen LogP contribution in [0, 0.1) is 0 Å². The number of aromatic nitrogens is 2. The zero-order chi connectivity index (χ0) is 11.8. The lowest BCUT2D eigenvalue weighted by Crippen LogP contribution is -2.00. The lowest BCUT2D eigenvalue weighted by atomic mass is 10.2. The van der Waals surface area contributed by atoms with Gasteiger partial charge in [-0.3, -0.25) is 4.68 Å². The molecular weight excluding hydrogens is 204 g/mol. The normalized spacial score (nSPS) is 11.0. The van der Waals surface area contributed by atoms with Crippen molar-refractivity contribution in [2.24, 2.45) is 0 Å². The molecule has 0 aliphatic carbocycles. The van der Waals surface area contributed by atoms with E-state index >= 15 is 0 Å². The molecule has 1 heterocycles. The van der Waals surface area contributed by atoms with Crippen LogP contribution in [0.5, 0.6) is 5.75 Å². The summed E-state index contributed by atoms with van der Waals surface area (Å²) in [5, 5.41) is 12.8. The topological polar surface area (TPSA) is 47.3 Å². The molecule has 0 bridgehead atoms. The lowest BCUT2D eigenvalue weighted by molar-refractivity contribution is 0.273. The number of ether oxygens (including phenoxy) is 1. The molecule has 0 aliphatic rings. The fourth-order valence-corrected chi connectivity index (χ4v) is 1.43. The van der Waals surface area contributed by atoms with Gasteiger partial charge in [-0.2, -0.15) is 5.10 Å². The number of nitrogens with zero attached hydrogens (tertiary/aromatic N) is 2. The van der Waals surface area contributed by atoms with Gasteiger partial charge in [-0.15, -0.1) is 0 Å². The molecule has 0 amide bonds. The summed E-state index contributed by atoms with van der Waals surface area (Å²) >= 11 is 0. The van der Waals surface area contributed by atoms with Gasteiger partial charge in [0.15, 0.2) is 5.75 Å². The van der Waals surface area contributed by atoms with Crippen molar-refractivity contribution in [1.82, 2.24) is 9.78 Å². The second kappa shape index (κ2) is 7.28. The third kappa shape index (κ3) is 4.66. The Bertz CT molecular complexity index is 284. The van der Waals surface area contributed by atoms with E-state index in [1.54, 1.807) is 6.20 Å². The summed E-state index contributed by atoms with van der Waals surface area (Å²) in [5.41, 5.74) is 0. The van der Waals surface area contributed by atoms with Crippen LogP contribution < -0.4 is 4.74 Å². The van der Waals surface area contributed by atoms with Crippen molar-refractivity contribution in [2.45, 2.75) is 45.6 Å². The Morgan fingerprint density at radius 1 is 1.31 bits per heavy atom. The van der Waals surface area contributed by atoms with Gasteiger partial charge in [0.05, 0.1) is 19.0 Å². The van der Waals surface area contributed by atoms with Crippen LogP contribution in [0.1, 0.15) is 45.6 Å². The maximum Gasteiger partial charge on any atom is 0.157 e. The number of hydrogen-bond acceptors (Lipinski definition) is 3. The van der Waals surface area contributed by atoms with Crippen LogP contribution in [-0.2, 0) is 0 Å².